The van der Waals surface area contributed by atoms with Crippen molar-refractivity contribution in [3.8, 4) is 11.4 Å². The summed E-state index contributed by atoms with van der Waals surface area (Å²) in [5.41, 5.74) is 1.36. The van der Waals surface area contributed by atoms with Crippen molar-refractivity contribution in [2.75, 3.05) is 5.32 Å². The third kappa shape index (κ3) is 2.95. The topological polar surface area (TPSA) is 87.7 Å². The van der Waals surface area contributed by atoms with Crippen LogP contribution >= 0.6 is 0 Å². The van der Waals surface area contributed by atoms with Gasteiger partial charge in [0.1, 0.15) is 5.56 Å². The molecule has 26 heavy (non-hydrogen) atoms. The maximum Gasteiger partial charge on any atom is 0.261 e. The zero-order valence-electron chi connectivity index (χ0n) is 13.6. The molecule has 0 aliphatic heterocycles. The van der Waals surface area contributed by atoms with Gasteiger partial charge in [0.05, 0.1) is 17.1 Å². The summed E-state index contributed by atoms with van der Waals surface area (Å²) in [6.45, 7) is 0. The van der Waals surface area contributed by atoms with Crippen molar-refractivity contribution in [2.24, 2.45) is 0 Å². The number of H-pyrrole nitrogens is 1. The number of benzene rings is 1. The maximum absolute atomic E-state index is 12.6. The molecule has 0 saturated heterocycles. The van der Waals surface area contributed by atoms with Crippen LogP contribution in [-0.4, -0.2) is 20.9 Å². The molecule has 6 heteroatoms. The number of hydrogen-bond donors (Lipinski definition) is 2. The number of carbonyl (C=O) groups is 1. The third-order valence-corrected chi connectivity index (χ3v) is 4.03. The van der Waals surface area contributed by atoms with Crippen molar-refractivity contribution >= 4 is 22.4 Å². The Morgan fingerprint density at radius 2 is 1.88 bits per heavy atom. The van der Waals surface area contributed by atoms with E-state index in [1.54, 1.807) is 42.9 Å². The van der Waals surface area contributed by atoms with E-state index in [1.807, 2.05) is 24.3 Å². The molecule has 4 rings (SSSR count). The molecule has 126 valence electrons. The van der Waals surface area contributed by atoms with Gasteiger partial charge in [-0.15, -0.1) is 0 Å². The number of nitrogens with one attached hydrogen (secondary N) is 2. The van der Waals surface area contributed by atoms with E-state index < -0.39 is 11.5 Å². The van der Waals surface area contributed by atoms with Gasteiger partial charge < -0.3 is 10.3 Å². The minimum atomic E-state index is -0.477. The lowest BCUT2D eigenvalue weighted by Crippen LogP contribution is -2.23. The van der Waals surface area contributed by atoms with Gasteiger partial charge in [0, 0.05) is 24.0 Å². The van der Waals surface area contributed by atoms with Gasteiger partial charge in [0.25, 0.3) is 11.5 Å². The fourth-order valence-electron chi connectivity index (χ4n) is 2.74. The van der Waals surface area contributed by atoms with E-state index in [0.717, 1.165) is 10.8 Å². The number of aromatic amines is 1. The highest BCUT2D eigenvalue weighted by Gasteiger charge is 2.13. The van der Waals surface area contributed by atoms with Gasteiger partial charge in [0.15, 0.2) is 0 Å². The van der Waals surface area contributed by atoms with Gasteiger partial charge >= 0.3 is 0 Å². The van der Waals surface area contributed by atoms with Gasteiger partial charge in [0.2, 0.25) is 0 Å². The summed E-state index contributed by atoms with van der Waals surface area (Å²) in [6.07, 6.45) is 5.01. The number of amides is 1. The molecule has 0 aliphatic rings. The fraction of sp³-hybridized carbons (Fsp3) is 0. The molecule has 4 aromatic rings. The molecular weight excluding hydrogens is 328 g/mol. The Morgan fingerprint density at radius 1 is 0.962 bits per heavy atom. The van der Waals surface area contributed by atoms with Gasteiger partial charge in [-0.25, -0.2) is 0 Å². The number of aromatic nitrogens is 3. The van der Waals surface area contributed by atoms with E-state index in [0.29, 0.717) is 17.1 Å². The minimum Gasteiger partial charge on any atom is -0.321 e. The smallest absolute Gasteiger partial charge is 0.261 e. The molecule has 1 amide bonds. The van der Waals surface area contributed by atoms with Crippen LogP contribution in [0.25, 0.3) is 22.2 Å². The number of pyridine rings is 3. The number of nitrogens with zero attached hydrogens (tertiary/aromatic N) is 2. The second-order valence-corrected chi connectivity index (χ2v) is 5.69. The van der Waals surface area contributed by atoms with E-state index in [-0.39, 0.29) is 5.56 Å². The highest BCUT2D eigenvalue weighted by molar-refractivity contribution is 6.08. The Labute approximate surface area is 148 Å². The lowest BCUT2D eigenvalue weighted by molar-refractivity contribution is 0.102. The standard InChI is InChI=1S/C20H14N4O2/c25-19(23-16-6-3-4-13-9-11-21-12-15(13)16)14-7-8-18(24-20(14)26)17-5-1-2-10-22-17/h1-12H,(H,23,25)(H,24,26). The molecule has 0 bridgehead atoms. The van der Waals surface area contributed by atoms with Crippen LogP contribution in [-0.2, 0) is 0 Å². The Morgan fingerprint density at radius 3 is 2.69 bits per heavy atom. The van der Waals surface area contributed by atoms with Crippen molar-refractivity contribution in [3.63, 3.8) is 0 Å². The van der Waals surface area contributed by atoms with Gasteiger partial charge in [-0.05, 0) is 41.8 Å². The number of fused-ring (bicyclic) bond motifs is 1. The van der Waals surface area contributed by atoms with Crippen LogP contribution in [0.4, 0.5) is 5.69 Å². The third-order valence-electron chi connectivity index (χ3n) is 4.03. The summed E-state index contributed by atoms with van der Waals surface area (Å²) in [5, 5.41) is 4.55. The van der Waals surface area contributed by atoms with Gasteiger partial charge in [-0.2, -0.15) is 0 Å². The molecule has 0 atom stereocenters. The van der Waals surface area contributed by atoms with Crippen molar-refractivity contribution in [2.45, 2.75) is 0 Å². The lowest BCUT2D eigenvalue weighted by Gasteiger charge is -2.08. The molecule has 0 saturated carbocycles. The predicted octanol–water partition coefficient (Wildman–Crippen LogP) is 3.24. The van der Waals surface area contributed by atoms with E-state index in [1.165, 1.54) is 6.07 Å². The van der Waals surface area contributed by atoms with Crippen LogP contribution in [0.1, 0.15) is 10.4 Å². The van der Waals surface area contributed by atoms with Crippen molar-refractivity contribution in [3.05, 3.63) is 89.1 Å². The summed E-state index contributed by atoms with van der Waals surface area (Å²) >= 11 is 0. The van der Waals surface area contributed by atoms with Crippen LogP contribution in [0.2, 0.25) is 0 Å². The van der Waals surface area contributed by atoms with Crippen LogP contribution in [0.3, 0.4) is 0 Å². The molecule has 0 radical (unpaired) electrons. The second-order valence-electron chi connectivity index (χ2n) is 5.69. The Hall–Kier alpha value is -3.80. The number of anilines is 1. The van der Waals surface area contributed by atoms with Crippen LogP contribution < -0.4 is 10.9 Å². The zero-order chi connectivity index (χ0) is 17.9. The van der Waals surface area contributed by atoms with Crippen LogP contribution in [0, 0.1) is 0 Å². The molecule has 6 nitrogen and oxygen atoms in total. The van der Waals surface area contributed by atoms with E-state index in [9.17, 15) is 9.59 Å². The molecule has 0 unspecified atom stereocenters. The summed E-state index contributed by atoms with van der Waals surface area (Å²) in [6, 6.07) is 16.0. The van der Waals surface area contributed by atoms with E-state index in [4.69, 9.17) is 0 Å². The minimum absolute atomic E-state index is 0.0329. The Bertz CT molecular complexity index is 1150. The number of rotatable bonds is 3. The highest BCUT2D eigenvalue weighted by Crippen LogP contribution is 2.22. The summed E-state index contributed by atoms with van der Waals surface area (Å²) in [4.78, 5) is 35.9. The number of hydrogen-bond acceptors (Lipinski definition) is 4. The summed E-state index contributed by atoms with van der Waals surface area (Å²) in [7, 11) is 0. The van der Waals surface area contributed by atoms with Crippen LogP contribution in [0.5, 0.6) is 0 Å². The Kier molecular flexibility index (Phi) is 3.99. The number of carbonyl (C=O) groups excluding carboxylic acids is 1. The van der Waals surface area contributed by atoms with E-state index >= 15 is 0 Å². The maximum atomic E-state index is 12.6. The molecule has 2 N–H and O–H groups in total. The average Bonchev–Trinajstić information content (AvgIpc) is 2.69. The second kappa shape index (κ2) is 6.60. The van der Waals surface area contributed by atoms with Crippen molar-refractivity contribution in [1.29, 1.82) is 0 Å². The van der Waals surface area contributed by atoms with Crippen molar-refractivity contribution in [1.82, 2.24) is 15.0 Å². The average molecular weight is 342 g/mol. The molecule has 0 aliphatic carbocycles. The first-order valence-electron chi connectivity index (χ1n) is 8.01. The molecule has 3 aromatic heterocycles. The molecule has 0 fully saturated rings. The summed E-state index contributed by atoms with van der Waals surface area (Å²) < 4.78 is 0. The first-order chi connectivity index (χ1) is 12.7. The first-order valence-corrected chi connectivity index (χ1v) is 8.01. The fourth-order valence-corrected chi connectivity index (χ4v) is 2.74. The largest absolute Gasteiger partial charge is 0.321 e. The SMILES string of the molecule is O=C(Nc1cccc2ccncc12)c1ccc(-c2ccccn2)[nH]c1=O. The molecule has 0 spiro atoms. The van der Waals surface area contributed by atoms with Crippen molar-refractivity contribution < 1.29 is 4.79 Å². The zero-order valence-corrected chi connectivity index (χ0v) is 13.6. The first kappa shape index (κ1) is 15.7. The van der Waals surface area contributed by atoms with Gasteiger partial charge in [-0.3, -0.25) is 19.6 Å². The predicted molar refractivity (Wildman–Crippen MR) is 100.0 cm³/mol. The lowest BCUT2D eigenvalue weighted by atomic mass is 10.1. The highest BCUT2D eigenvalue weighted by atomic mass is 16.2. The normalized spacial score (nSPS) is 10.6. The van der Waals surface area contributed by atoms with Gasteiger partial charge in [-0.1, -0.05) is 18.2 Å². The summed E-state index contributed by atoms with van der Waals surface area (Å²) in [5.74, 6) is -0.477. The molecule has 3 heterocycles. The van der Waals surface area contributed by atoms with Crippen LogP contribution in [0.15, 0.2) is 78.0 Å². The Balaban J connectivity index is 1.65. The molecular formula is C20H14N4O2. The molecule has 1 aromatic carbocycles. The van der Waals surface area contributed by atoms with E-state index in [2.05, 4.69) is 20.3 Å². The monoisotopic (exact) mass is 342 g/mol. The quantitative estimate of drug-likeness (QED) is 0.598.